The first-order chi connectivity index (χ1) is 10.2. The predicted molar refractivity (Wildman–Crippen MR) is 72.4 cm³/mol. The summed E-state index contributed by atoms with van der Waals surface area (Å²) in [6.07, 6.45) is 2.55. The molecule has 114 valence electrons. The number of carbonyl (C=O) groups excluding carboxylic acids is 2. The van der Waals surface area contributed by atoms with Gasteiger partial charge in [0.25, 0.3) is 11.7 Å². The maximum absolute atomic E-state index is 12.5. The van der Waals surface area contributed by atoms with Crippen molar-refractivity contribution in [1.82, 2.24) is 25.7 Å². The molecule has 8 nitrogen and oxygen atoms in total. The minimum absolute atomic E-state index is 0.0330. The minimum atomic E-state index is -0.460. The number of nitrogens with one attached hydrogen (secondary N) is 2. The zero-order valence-electron chi connectivity index (χ0n) is 12.0. The number of amides is 2. The van der Waals surface area contributed by atoms with Gasteiger partial charge in [-0.1, -0.05) is 12.1 Å². The Morgan fingerprint density at radius 2 is 2.33 bits per heavy atom. The van der Waals surface area contributed by atoms with Crippen molar-refractivity contribution in [2.45, 2.75) is 38.3 Å². The summed E-state index contributed by atoms with van der Waals surface area (Å²) < 4.78 is 5.18. The van der Waals surface area contributed by atoms with E-state index in [0.717, 1.165) is 19.4 Å². The second-order valence-corrected chi connectivity index (χ2v) is 5.32. The quantitative estimate of drug-likeness (QED) is 0.803. The third kappa shape index (κ3) is 2.63. The second kappa shape index (κ2) is 5.80. The van der Waals surface area contributed by atoms with Crippen LogP contribution in [0.2, 0.25) is 0 Å². The summed E-state index contributed by atoms with van der Waals surface area (Å²) in [5.74, 6) is 0.0141. The first-order valence-corrected chi connectivity index (χ1v) is 7.36. The Bertz CT molecular complexity index is 538. The lowest BCUT2D eigenvalue weighted by atomic mass is 10.1. The summed E-state index contributed by atoms with van der Waals surface area (Å²) in [7, 11) is 0. The van der Waals surface area contributed by atoms with Gasteiger partial charge in [-0.3, -0.25) is 9.59 Å². The van der Waals surface area contributed by atoms with Gasteiger partial charge in [-0.05, 0) is 25.8 Å². The fourth-order valence-electron chi connectivity index (χ4n) is 2.85. The van der Waals surface area contributed by atoms with Crippen LogP contribution < -0.4 is 10.6 Å². The van der Waals surface area contributed by atoms with Crippen LogP contribution in [-0.4, -0.2) is 52.5 Å². The van der Waals surface area contributed by atoms with Crippen molar-refractivity contribution in [3.05, 3.63) is 11.7 Å². The van der Waals surface area contributed by atoms with Crippen molar-refractivity contribution in [2.24, 2.45) is 0 Å². The van der Waals surface area contributed by atoms with Crippen LogP contribution in [0.15, 0.2) is 4.52 Å². The topological polar surface area (TPSA) is 100 Å². The number of piperazine rings is 1. The molecule has 2 amide bonds. The van der Waals surface area contributed by atoms with Crippen LogP contribution in [0.3, 0.4) is 0 Å². The van der Waals surface area contributed by atoms with Crippen molar-refractivity contribution < 1.29 is 14.1 Å². The third-order valence-corrected chi connectivity index (χ3v) is 3.97. The molecule has 3 heterocycles. The molecule has 21 heavy (non-hydrogen) atoms. The molecule has 0 aromatic carbocycles. The number of hydrogen-bond acceptors (Lipinski definition) is 6. The van der Waals surface area contributed by atoms with E-state index in [0.29, 0.717) is 25.4 Å². The molecule has 2 aliphatic heterocycles. The summed E-state index contributed by atoms with van der Waals surface area (Å²) in [6.45, 7) is 3.71. The fraction of sp³-hybridized carbons (Fsp3) is 0.692. The largest absolute Gasteiger partial charge is 0.353 e. The molecule has 2 atom stereocenters. The molecule has 2 fully saturated rings. The summed E-state index contributed by atoms with van der Waals surface area (Å²) in [5.41, 5.74) is 0. The lowest BCUT2D eigenvalue weighted by Crippen LogP contribution is -2.57. The molecule has 1 aromatic rings. The zero-order valence-corrected chi connectivity index (χ0v) is 12.0. The molecule has 8 heteroatoms. The van der Waals surface area contributed by atoms with E-state index < -0.39 is 6.04 Å². The van der Waals surface area contributed by atoms with Crippen molar-refractivity contribution in [1.29, 1.82) is 0 Å². The monoisotopic (exact) mass is 293 g/mol. The van der Waals surface area contributed by atoms with Gasteiger partial charge in [-0.2, -0.15) is 4.98 Å². The highest BCUT2D eigenvalue weighted by Gasteiger charge is 2.34. The second-order valence-electron chi connectivity index (χ2n) is 5.32. The maximum atomic E-state index is 12.5. The van der Waals surface area contributed by atoms with E-state index in [2.05, 4.69) is 20.8 Å². The number of aromatic nitrogens is 2. The number of nitrogens with zero attached hydrogens (tertiary/aromatic N) is 3. The molecule has 1 aromatic heterocycles. The maximum Gasteiger partial charge on any atom is 0.296 e. The fourth-order valence-corrected chi connectivity index (χ4v) is 2.85. The van der Waals surface area contributed by atoms with Crippen molar-refractivity contribution in [3.63, 3.8) is 0 Å². The number of rotatable bonds is 3. The summed E-state index contributed by atoms with van der Waals surface area (Å²) in [5, 5.41) is 9.79. The SMILES string of the molecule is CCC1C(=O)NCCN1C(=O)c1noc(C2CCCN2)n1. The Kier molecular flexibility index (Phi) is 3.87. The minimum Gasteiger partial charge on any atom is -0.353 e. The van der Waals surface area contributed by atoms with Gasteiger partial charge in [-0.15, -0.1) is 0 Å². The average molecular weight is 293 g/mol. The average Bonchev–Trinajstić information content (AvgIpc) is 3.16. The first-order valence-electron chi connectivity index (χ1n) is 7.36. The van der Waals surface area contributed by atoms with Gasteiger partial charge in [0.1, 0.15) is 6.04 Å². The molecule has 2 unspecified atom stereocenters. The summed E-state index contributed by atoms with van der Waals surface area (Å²) >= 11 is 0. The van der Waals surface area contributed by atoms with Gasteiger partial charge in [0.2, 0.25) is 11.8 Å². The van der Waals surface area contributed by atoms with E-state index in [4.69, 9.17) is 4.52 Å². The molecule has 0 radical (unpaired) electrons. The van der Waals surface area contributed by atoms with Gasteiger partial charge >= 0.3 is 0 Å². The summed E-state index contributed by atoms with van der Waals surface area (Å²) in [4.78, 5) is 30.0. The van der Waals surface area contributed by atoms with Crippen molar-refractivity contribution in [2.75, 3.05) is 19.6 Å². The van der Waals surface area contributed by atoms with Crippen LogP contribution in [0.5, 0.6) is 0 Å². The lowest BCUT2D eigenvalue weighted by Gasteiger charge is -2.33. The normalized spacial score (nSPS) is 26.0. The van der Waals surface area contributed by atoms with Gasteiger partial charge in [-0.25, -0.2) is 0 Å². The standard InChI is InChI=1S/C13H19N5O3/c1-2-9-11(19)15-6-7-18(9)13(20)10-16-12(21-17-10)8-4-3-5-14-8/h8-9,14H,2-7H2,1H3,(H,15,19). The highest BCUT2D eigenvalue weighted by molar-refractivity contribution is 5.95. The Hall–Kier alpha value is -1.96. The van der Waals surface area contributed by atoms with Crippen LogP contribution in [0.25, 0.3) is 0 Å². The molecule has 2 aliphatic rings. The highest BCUT2D eigenvalue weighted by Crippen LogP contribution is 2.21. The van der Waals surface area contributed by atoms with Crippen LogP contribution >= 0.6 is 0 Å². The molecular formula is C13H19N5O3. The lowest BCUT2D eigenvalue weighted by molar-refractivity contribution is -0.127. The smallest absolute Gasteiger partial charge is 0.296 e. The summed E-state index contributed by atoms with van der Waals surface area (Å²) in [6, 6.07) is -0.427. The Labute approximate surface area is 122 Å². The van der Waals surface area contributed by atoms with Gasteiger partial charge in [0, 0.05) is 13.1 Å². The molecule has 0 saturated carbocycles. The van der Waals surface area contributed by atoms with E-state index >= 15 is 0 Å². The van der Waals surface area contributed by atoms with E-state index in [-0.39, 0.29) is 23.7 Å². The highest BCUT2D eigenvalue weighted by atomic mass is 16.5. The molecule has 3 rings (SSSR count). The molecule has 2 saturated heterocycles. The van der Waals surface area contributed by atoms with Crippen molar-refractivity contribution >= 4 is 11.8 Å². The van der Waals surface area contributed by atoms with E-state index in [1.165, 1.54) is 4.90 Å². The van der Waals surface area contributed by atoms with Gasteiger partial charge < -0.3 is 20.1 Å². The molecule has 0 bridgehead atoms. The van der Waals surface area contributed by atoms with Crippen molar-refractivity contribution in [3.8, 4) is 0 Å². The van der Waals surface area contributed by atoms with Crippen LogP contribution in [-0.2, 0) is 4.79 Å². The van der Waals surface area contributed by atoms with E-state index in [1.807, 2.05) is 6.92 Å². The zero-order chi connectivity index (χ0) is 14.8. The third-order valence-electron chi connectivity index (χ3n) is 3.97. The molecule has 2 N–H and O–H groups in total. The van der Waals surface area contributed by atoms with Crippen LogP contribution in [0.1, 0.15) is 48.7 Å². The molecule has 0 spiro atoms. The van der Waals surface area contributed by atoms with E-state index in [1.54, 1.807) is 0 Å². The Morgan fingerprint density at radius 1 is 1.48 bits per heavy atom. The van der Waals surface area contributed by atoms with E-state index in [9.17, 15) is 9.59 Å². The number of carbonyl (C=O) groups is 2. The van der Waals surface area contributed by atoms with Gasteiger partial charge in [0.15, 0.2) is 0 Å². The Balaban J connectivity index is 1.76. The first kappa shape index (κ1) is 14.0. The number of hydrogen-bond donors (Lipinski definition) is 2. The predicted octanol–water partition coefficient (Wildman–Crippen LogP) is -0.155. The molecule has 0 aliphatic carbocycles. The van der Waals surface area contributed by atoms with Crippen LogP contribution in [0, 0.1) is 0 Å². The molecular weight excluding hydrogens is 274 g/mol. The van der Waals surface area contributed by atoms with Crippen LogP contribution in [0.4, 0.5) is 0 Å². The Morgan fingerprint density at radius 3 is 3.05 bits per heavy atom. The van der Waals surface area contributed by atoms with Gasteiger partial charge in [0.05, 0.1) is 6.04 Å².